The summed E-state index contributed by atoms with van der Waals surface area (Å²) in [6.07, 6.45) is 0. The number of hydrazine groups is 1. The van der Waals surface area contributed by atoms with Gasteiger partial charge in [0.15, 0.2) is 0 Å². The van der Waals surface area contributed by atoms with Crippen LogP contribution in [0, 0.1) is 5.82 Å². The number of carbonyl (C=O) groups is 2. The van der Waals surface area contributed by atoms with Crippen molar-refractivity contribution in [2.24, 2.45) is 0 Å². The lowest BCUT2D eigenvalue weighted by molar-refractivity contribution is -0.121. The second kappa shape index (κ2) is 7.61. The molecule has 0 spiro atoms. The smallest absolute Gasteiger partial charge is 0.269 e. The Morgan fingerprint density at radius 2 is 1.64 bits per heavy atom. The van der Waals surface area contributed by atoms with Crippen LogP contribution in [0.4, 0.5) is 4.39 Å². The highest BCUT2D eigenvalue weighted by Crippen LogP contribution is 2.23. The van der Waals surface area contributed by atoms with Crippen molar-refractivity contribution in [3.05, 3.63) is 66.0 Å². The number of carbonyl (C=O) groups excluding carboxylic acids is 2. The Labute approximate surface area is 132 Å². The molecular formula is C16H15FN2O2S. The molecule has 0 fully saturated rings. The van der Waals surface area contributed by atoms with Crippen molar-refractivity contribution in [1.82, 2.24) is 10.9 Å². The van der Waals surface area contributed by atoms with Gasteiger partial charge < -0.3 is 0 Å². The first-order valence-electron chi connectivity index (χ1n) is 6.64. The quantitative estimate of drug-likeness (QED) is 0.673. The average molecular weight is 318 g/mol. The fourth-order valence-corrected chi connectivity index (χ4v) is 2.52. The van der Waals surface area contributed by atoms with Gasteiger partial charge in [0.1, 0.15) is 5.82 Å². The topological polar surface area (TPSA) is 58.2 Å². The second-order valence-electron chi connectivity index (χ2n) is 4.52. The first-order chi connectivity index (χ1) is 10.6. The number of hydrogen-bond donors (Lipinski definition) is 2. The normalized spacial score (nSPS) is 11.5. The van der Waals surface area contributed by atoms with Crippen molar-refractivity contribution in [1.29, 1.82) is 0 Å². The molecule has 0 aliphatic heterocycles. The molecule has 0 saturated heterocycles. The van der Waals surface area contributed by atoms with Crippen molar-refractivity contribution >= 4 is 23.6 Å². The number of halogens is 1. The summed E-state index contributed by atoms with van der Waals surface area (Å²) in [4.78, 5) is 24.5. The monoisotopic (exact) mass is 318 g/mol. The van der Waals surface area contributed by atoms with E-state index < -0.39 is 5.25 Å². The average Bonchev–Trinajstić information content (AvgIpc) is 2.55. The van der Waals surface area contributed by atoms with Crippen LogP contribution in [0.15, 0.2) is 59.5 Å². The first-order valence-corrected chi connectivity index (χ1v) is 7.51. The fourth-order valence-electron chi connectivity index (χ4n) is 1.65. The summed E-state index contributed by atoms with van der Waals surface area (Å²) < 4.78 is 12.8. The van der Waals surface area contributed by atoms with E-state index in [1.807, 2.05) is 0 Å². The molecular weight excluding hydrogens is 303 g/mol. The molecule has 0 unspecified atom stereocenters. The van der Waals surface area contributed by atoms with Gasteiger partial charge in [-0.2, -0.15) is 0 Å². The molecule has 0 saturated carbocycles. The van der Waals surface area contributed by atoms with E-state index in [-0.39, 0.29) is 17.6 Å². The summed E-state index contributed by atoms with van der Waals surface area (Å²) in [5, 5.41) is -0.429. The molecule has 1 atom stereocenters. The molecule has 2 rings (SSSR count). The molecule has 114 valence electrons. The van der Waals surface area contributed by atoms with Gasteiger partial charge in [-0.25, -0.2) is 4.39 Å². The van der Waals surface area contributed by atoms with E-state index in [9.17, 15) is 14.0 Å². The number of nitrogens with one attached hydrogen (secondary N) is 2. The zero-order chi connectivity index (χ0) is 15.9. The molecule has 22 heavy (non-hydrogen) atoms. The third-order valence-corrected chi connectivity index (χ3v) is 3.94. The zero-order valence-electron chi connectivity index (χ0n) is 11.9. The molecule has 0 aliphatic carbocycles. The lowest BCUT2D eigenvalue weighted by atomic mass is 10.2. The predicted molar refractivity (Wildman–Crippen MR) is 83.8 cm³/mol. The SMILES string of the molecule is C[C@H](Sc1ccc(F)cc1)C(=O)NNC(=O)c1ccccc1. The van der Waals surface area contributed by atoms with Crippen LogP contribution in [-0.4, -0.2) is 17.1 Å². The highest BCUT2D eigenvalue weighted by Gasteiger charge is 2.15. The number of thioether (sulfide) groups is 1. The van der Waals surface area contributed by atoms with Gasteiger partial charge in [-0.1, -0.05) is 18.2 Å². The van der Waals surface area contributed by atoms with Crippen molar-refractivity contribution < 1.29 is 14.0 Å². The van der Waals surface area contributed by atoms with E-state index in [0.717, 1.165) is 4.90 Å². The van der Waals surface area contributed by atoms with Crippen LogP contribution in [0.25, 0.3) is 0 Å². The van der Waals surface area contributed by atoms with Crippen LogP contribution in [0.1, 0.15) is 17.3 Å². The van der Waals surface area contributed by atoms with Crippen molar-refractivity contribution in [3.63, 3.8) is 0 Å². The Morgan fingerprint density at radius 3 is 2.27 bits per heavy atom. The Bertz CT molecular complexity index is 647. The summed E-state index contributed by atoms with van der Waals surface area (Å²) in [5.41, 5.74) is 5.20. The van der Waals surface area contributed by atoms with Crippen LogP contribution in [-0.2, 0) is 4.79 Å². The van der Waals surface area contributed by atoms with Crippen LogP contribution >= 0.6 is 11.8 Å². The maximum atomic E-state index is 12.8. The maximum Gasteiger partial charge on any atom is 0.269 e. The molecule has 2 amide bonds. The Balaban J connectivity index is 1.84. The largest absolute Gasteiger partial charge is 0.272 e. The highest BCUT2D eigenvalue weighted by atomic mass is 32.2. The Hall–Kier alpha value is -2.34. The molecule has 0 aliphatic rings. The van der Waals surface area contributed by atoms with E-state index in [0.29, 0.717) is 5.56 Å². The molecule has 2 N–H and O–H groups in total. The molecule has 4 nitrogen and oxygen atoms in total. The standard InChI is InChI=1S/C16H15FN2O2S/c1-11(22-14-9-7-13(17)8-10-14)15(20)18-19-16(21)12-5-3-2-4-6-12/h2-11H,1H3,(H,18,20)(H,19,21)/t11-/m0/s1. The van der Waals surface area contributed by atoms with E-state index in [4.69, 9.17) is 0 Å². The molecule has 2 aromatic carbocycles. The minimum atomic E-state index is -0.429. The number of hydrogen-bond acceptors (Lipinski definition) is 3. The number of benzene rings is 2. The zero-order valence-corrected chi connectivity index (χ0v) is 12.7. The van der Waals surface area contributed by atoms with Crippen LogP contribution in [0.3, 0.4) is 0 Å². The van der Waals surface area contributed by atoms with Gasteiger partial charge in [-0.3, -0.25) is 20.4 Å². The fraction of sp³-hybridized carbons (Fsp3) is 0.125. The predicted octanol–water partition coefficient (Wildman–Crippen LogP) is 2.77. The molecule has 0 heterocycles. The molecule has 0 bridgehead atoms. The van der Waals surface area contributed by atoms with E-state index in [2.05, 4.69) is 10.9 Å². The van der Waals surface area contributed by atoms with Gasteiger partial charge in [0.2, 0.25) is 0 Å². The van der Waals surface area contributed by atoms with Gasteiger partial charge in [0.05, 0.1) is 5.25 Å². The molecule has 6 heteroatoms. The van der Waals surface area contributed by atoms with E-state index >= 15 is 0 Å². The van der Waals surface area contributed by atoms with E-state index in [1.54, 1.807) is 49.4 Å². The van der Waals surface area contributed by atoms with Crippen LogP contribution < -0.4 is 10.9 Å². The van der Waals surface area contributed by atoms with E-state index in [1.165, 1.54) is 23.9 Å². The number of rotatable bonds is 4. The van der Waals surface area contributed by atoms with Gasteiger partial charge in [-0.05, 0) is 43.3 Å². The van der Waals surface area contributed by atoms with Crippen molar-refractivity contribution in [3.8, 4) is 0 Å². The summed E-state index contributed by atoms with van der Waals surface area (Å²) in [5.74, 6) is -1.04. The Kier molecular flexibility index (Phi) is 5.55. The third-order valence-electron chi connectivity index (χ3n) is 2.83. The summed E-state index contributed by atoms with van der Waals surface area (Å²) in [6, 6.07) is 14.5. The Morgan fingerprint density at radius 1 is 1.00 bits per heavy atom. The first kappa shape index (κ1) is 16.0. The minimum absolute atomic E-state index is 0.323. The van der Waals surface area contributed by atoms with Crippen LogP contribution in [0.2, 0.25) is 0 Å². The maximum absolute atomic E-state index is 12.8. The van der Waals surface area contributed by atoms with Gasteiger partial charge in [-0.15, -0.1) is 11.8 Å². The van der Waals surface area contributed by atoms with Crippen LogP contribution in [0.5, 0.6) is 0 Å². The summed E-state index contributed by atoms with van der Waals surface area (Å²) in [6.45, 7) is 1.71. The minimum Gasteiger partial charge on any atom is -0.272 e. The highest BCUT2D eigenvalue weighted by molar-refractivity contribution is 8.00. The molecule has 0 radical (unpaired) electrons. The van der Waals surface area contributed by atoms with Gasteiger partial charge >= 0.3 is 0 Å². The number of amides is 2. The summed E-state index contributed by atoms with van der Waals surface area (Å²) in [7, 11) is 0. The van der Waals surface area contributed by atoms with Gasteiger partial charge in [0.25, 0.3) is 11.8 Å². The molecule has 2 aromatic rings. The third kappa shape index (κ3) is 4.60. The summed E-state index contributed by atoms with van der Waals surface area (Å²) >= 11 is 1.28. The van der Waals surface area contributed by atoms with Gasteiger partial charge in [0, 0.05) is 10.5 Å². The second-order valence-corrected chi connectivity index (χ2v) is 5.94. The lowest BCUT2D eigenvalue weighted by Crippen LogP contribution is -2.44. The van der Waals surface area contributed by atoms with Crippen molar-refractivity contribution in [2.75, 3.05) is 0 Å². The molecule has 0 aromatic heterocycles. The van der Waals surface area contributed by atoms with Crippen molar-refractivity contribution in [2.45, 2.75) is 17.1 Å². The lowest BCUT2D eigenvalue weighted by Gasteiger charge is -2.12.